The molecule has 3 rings (SSSR count). The van der Waals surface area contributed by atoms with Crippen LogP contribution in [0.3, 0.4) is 0 Å². The molecule has 1 aromatic heterocycles. The molecule has 1 saturated heterocycles. The van der Waals surface area contributed by atoms with Gasteiger partial charge in [0.05, 0.1) is 7.11 Å². The second-order valence-corrected chi connectivity index (χ2v) is 5.83. The van der Waals surface area contributed by atoms with Gasteiger partial charge in [0.2, 0.25) is 0 Å². The minimum atomic E-state index is 0.0750. The number of aromatic nitrogens is 1. The van der Waals surface area contributed by atoms with E-state index in [2.05, 4.69) is 4.98 Å². The molecule has 0 aliphatic carbocycles. The van der Waals surface area contributed by atoms with Gasteiger partial charge in [0.15, 0.2) is 0 Å². The first kappa shape index (κ1) is 14.9. The van der Waals surface area contributed by atoms with Crippen LogP contribution in [0.2, 0.25) is 0 Å². The number of fused-ring (bicyclic) bond motifs is 1. The Hall–Kier alpha value is -2.01. The van der Waals surface area contributed by atoms with E-state index in [4.69, 9.17) is 9.47 Å². The zero-order valence-corrected chi connectivity index (χ0v) is 13.1. The number of carbonyl (C=O) groups is 1. The molecule has 1 N–H and O–H groups in total. The molecular formula is C17H22N2O3. The summed E-state index contributed by atoms with van der Waals surface area (Å²) < 4.78 is 10.4. The fourth-order valence-corrected chi connectivity index (χ4v) is 3.06. The molecule has 5 heteroatoms. The highest BCUT2D eigenvalue weighted by Gasteiger charge is 2.24. The fourth-order valence-electron chi connectivity index (χ4n) is 3.06. The maximum absolute atomic E-state index is 12.6. The van der Waals surface area contributed by atoms with Crippen LogP contribution in [0.15, 0.2) is 24.3 Å². The van der Waals surface area contributed by atoms with Gasteiger partial charge < -0.3 is 19.4 Å². The fraction of sp³-hybridized carbons (Fsp3) is 0.471. The lowest BCUT2D eigenvalue weighted by Crippen LogP contribution is -2.39. The van der Waals surface area contributed by atoms with E-state index in [0.29, 0.717) is 11.6 Å². The maximum atomic E-state index is 12.6. The van der Waals surface area contributed by atoms with Crippen LogP contribution < -0.4 is 4.74 Å². The molecule has 0 bridgehead atoms. The second-order valence-electron chi connectivity index (χ2n) is 5.83. The van der Waals surface area contributed by atoms with Crippen molar-refractivity contribution in [3.63, 3.8) is 0 Å². The highest BCUT2D eigenvalue weighted by Crippen LogP contribution is 2.23. The normalized spacial score (nSPS) is 16.2. The van der Waals surface area contributed by atoms with Crippen LogP contribution >= 0.6 is 0 Å². The first-order valence-corrected chi connectivity index (χ1v) is 7.66. The van der Waals surface area contributed by atoms with E-state index < -0.39 is 0 Å². The summed E-state index contributed by atoms with van der Waals surface area (Å²) in [7, 11) is 3.37. The number of nitrogens with one attached hydrogen (secondary N) is 1. The van der Waals surface area contributed by atoms with E-state index in [1.165, 1.54) is 0 Å². The molecule has 1 fully saturated rings. The summed E-state index contributed by atoms with van der Waals surface area (Å²) in [5.41, 5.74) is 1.57. The molecule has 22 heavy (non-hydrogen) atoms. The zero-order valence-electron chi connectivity index (χ0n) is 13.1. The third-order valence-electron chi connectivity index (χ3n) is 4.36. The van der Waals surface area contributed by atoms with Crippen molar-refractivity contribution in [3.8, 4) is 5.75 Å². The number of hydrogen-bond acceptors (Lipinski definition) is 3. The number of nitrogens with zero attached hydrogens (tertiary/aromatic N) is 1. The average molecular weight is 302 g/mol. The number of H-pyrrole nitrogens is 1. The topological polar surface area (TPSA) is 54.6 Å². The van der Waals surface area contributed by atoms with Gasteiger partial charge in [-0.1, -0.05) is 0 Å². The highest BCUT2D eigenvalue weighted by molar-refractivity contribution is 5.98. The molecule has 5 nitrogen and oxygen atoms in total. The molecule has 0 spiro atoms. The third kappa shape index (κ3) is 2.95. The smallest absolute Gasteiger partial charge is 0.270 e. The van der Waals surface area contributed by atoms with Crippen LogP contribution in [-0.4, -0.2) is 49.7 Å². The van der Waals surface area contributed by atoms with Gasteiger partial charge in [0.1, 0.15) is 11.4 Å². The summed E-state index contributed by atoms with van der Waals surface area (Å²) in [5, 5.41) is 1.03. The average Bonchev–Trinajstić information content (AvgIpc) is 2.98. The molecule has 0 radical (unpaired) electrons. The van der Waals surface area contributed by atoms with Crippen molar-refractivity contribution in [2.24, 2.45) is 5.92 Å². The van der Waals surface area contributed by atoms with Crippen molar-refractivity contribution in [3.05, 3.63) is 30.0 Å². The Morgan fingerprint density at radius 1 is 1.27 bits per heavy atom. The van der Waals surface area contributed by atoms with Gasteiger partial charge in [-0.15, -0.1) is 0 Å². The van der Waals surface area contributed by atoms with E-state index in [9.17, 15) is 4.79 Å². The molecule has 2 heterocycles. The number of likely N-dealkylation sites (tertiary alicyclic amines) is 1. The summed E-state index contributed by atoms with van der Waals surface area (Å²) in [5.74, 6) is 1.43. The Morgan fingerprint density at radius 3 is 2.73 bits per heavy atom. The number of ether oxygens (including phenoxy) is 2. The number of carbonyl (C=O) groups excluding carboxylic acids is 1. The minimum absolute atomic E-state index is 0.0750. The molecule has 0 unspecified atom stereocenters. The molecule has 1 aliphatic heterocycles. The Bertz CT molecular complexity index is 657. The van der Waals surface area contributed by atoms with Crippen molar-refractivity contribution in [1.82, 2.24) is 9.88 Å². The van der Waals surface area contributed by atoms with Gasteiger partial charge >= 0.3 is 0 Å². The van der Waals surface area contributed by atoms with E-state index >= 15 is 0 Å². The standard InChI is InChI=1S/C17H22N2O3/c1-21-11-12-5-7-19(8-6-12)17(20)16-9-13-3-4-14(22-2)10-15(13)18-16/h3-4,9-10,12,18H,5-8,11H2,1-2H3. The predicted molar refractivity (Wildman–Crippen MR) is 85.4 cm³/mol. The number of methoxy groups -OCH3 is 2. The number of aromatic amines is 1. The number of rotatable bonds is 4. The summed E-state index contributed by atoms with van der Waals surface area (Å²) in [6.45, 7) is 2.38. The van der Waals surface area contributed by atoms with Gasteiger partial charge in [-0.05, 0) is 37.0 Å². The number of piperidine rings is 1. The Morgan fingerprint density at radius 2 is 2.05 bits per heavy atom. The molecular weight excluding hydrogens is 280 g/mol. The van der Waals surface area contributed by atoms with Crippen molar-refractivity contribution in [1.29, 1.82) is 0 Å². The van der Waals surface area contributed by atoms with Crippen LogP contribution in [0.1, 0.15) is 23.3 Å². The molecule has 1 aliphatic rings. The molecule has 0 saturated carbocycles. The third-order valence-corrected chi connectivity index (χ3v) is 4.36. The lowest BCUT2D eigenvalue weighted by molar-refractivity contribution is 0.0609. The van der Waals surface area contributed by atoms with Gasteiger partial charge in [0.25, 0.3) is 5.91 Å². The lowest BCUT2D eigenvalue weighted by Gasteiger charge is -2.31. The lowest BCUT2D eigenvalue weighted by atomic mass is 9.97. The van der Waals surface area contributed by atoms with Crippen LogP contribution in [0, 0.1) is 5.92 Å². The second kappa shape index (κ2) is 6.40. The van der Waals surface area contributed by atoms with Gasteiger partial charge in [-0.25, -0.2) is 0 Å². The first-order chi connectivity index (χ1) is 10.7. The molecule has 0 atom stereocenters. The summed E-state index contributed by atoms with van der Waals surface area (Å²) in [4.78, 5) is 17.8. The number of benzene rings is 1. The number of hydrogen-bond donors (Lipinski definition) is 1. The number of amides is 1. The SMILES string of the molecule is COCC1CCN(C(=O)c2cc3ccc(OC)cc3[nH]2)CC1. The van der Waals surface area contributed by atoms with Crippen LogP contribution in [0.5, 0.6) is 5.75 Å². The summed E-state index contributed by atoms with van der Waals surface area (Å²) >= 11 is 0. The molecule has 2 aromatic rings. The predicted octanol–water partition coefficient (Wildman–Crippen LogP) is 2.68. The maximum Gasteiger partial charge on any atom is 0.270 e. The molecule has 1 amide bonds. The minimum Gasteiger partial charge on any atom is -0.497 e. The van der Waals surface area contributed by atoms with Crippen LogP contribution in [0.4, 0.5) is 0 Å². The zero-order chi connectivity index (χ0) is 15.5. The van der Waals surface area contributed by atoms with Gasteiger partial charge in [-0.3, -0.25) is 4.79 Å². The molecule has 1 aromatic carbocycles. The van der Waals surface area contributed by atoms with Crippen LogP contribution in [-0.2, 0) is 4.74 Å². The largest absolute Gasteiger partial charge is 0.497 e. The molecule has 118 valence electrons. The van der Waals surface area contributed by atoms with Crippen molar-refractivity contribution in [2.45, 2.75) is 12.8 Å². The summed E-state index contributed by atoms with van der Waals surface area (Å²) in [6, 6.07) is 7.70. The van der Waals surface area contributed by atoms with Gasteiger partial charge in [0, 0.05) is 43.8 Å². The monoisotopic (exact) mass is 302 g/mol. The van der Waals surface area contributed by atoms with Crippen molar-refractivity contribution >= 4 is 16.8 Å². The van der Waals surface area contributed by atoms with E-state index in [-0.39, 0.29) is 5.91 Å². The highest BCUT2D eigenvalue weighted by atomic mass is 16.5. The Kier molecular flexibility index (Phi) is 4.34. The van der Waals surface area contributed by atoms with Crippen molar-refractivity contribution < 1.29 is 14.3 Å². The van der Waals surface area contributed by atoms with Crippen molar-refractivity contribution in [2.75, 3.05) is 33.9 Å². The van der Waals surface area contributed by atoms with E-state index in [1.807, 2.05) is 29.2 Å². The van der Waals surface area contributed by atoms with E-state index in [0.717, 1.165) is 49.2 Å². The van der Waals surface area contributed by atoms with E-state index in [1.54, 1.807) is 14.2 Å². The Labute approximate surface area is 130 Å². The van der Waals surface area contributed by atoms with Crippen LogP contribution in [0.25, 0.3) is 10.9 Å². The first-order valence-electron chi connectivity index (χ1n) is 7.66. The Balaban J connectivity index is 1.72. The van der Waals surface area contributed by atoms with Gasteiger partial charge in [-0.2, -0.15) is 0 Å². The summed E-state index contributed by atoms with van der Waals surface area (Å²) in [6.07, 6.45) is 2.02. The quantitative estimate of drug-likeness (QED) is 0.944.